The Bertz CT molecular complexity index is 157. The number of carbonyl (C=O) groups excluding carboxylic acids is 1. The Kier molecular flexibility index (Phi) is 0.671. The van der Waals surface area contributed by atoms with E-state index in [4.69, 9.17) is 4.11 Å². The van der Waals surface area contributed by atoms with E-state index >= 15 is 0 Å². The maximum Gasteiger partial charge on any atom is 0.137 e. The van der Waals surface area contributed by atoms with Crippen LogP contribution in [0, 0.1) is 0 Å². The molecular formula is C5H8O2. The van der Waals surface area contributed by atoms with Gasteiger partial charge in [-0.3, -0.25) is 4.79 Å². The topological polar surface area (TPSA) is 26.3 Å². The third-order valence-corrected chi connectivity index (χ3v) is 0.750. The first-order valence-electron chi connectivity index (χ1n) is 3.70. The number of carbonyl (C=O) groups is 1. The zero-order chi connectivity index (χ0) is 7.78. The van der Waals surface area contributed by atoms with Crippen LogP contribution in [-0.2, 0) is 9.53 Å². The van der Waals surface area contributed by atoms with Gasteiger partial charge in [-0.1, -0.05) is 0 Å². The third-order valence-electron chi connectivity index (χ3n) is 0.750. The van der Waals surface area contributed by atoms with Crippen molar-refractivity contribution in [2.45, 2.75) is 12.8 Å². The van der Waals surface area contributed by atoms with Crippen LogP contribution in [-0.4, -0.2) is 19.0 Å². The standard InChI is InChI=1S/C5H8O2/c6-5-1-3-7-4-2-5/h1-4H2/i1D2,3D. The minimum absolute atomic E-state index is 0.0857. The maximum atomic E-state index is 10.8. The Morgan fingerprint density at radius 1 is 1.86 bits per heavy atom. The molecule has 1 aliphatic rings. The summed E-state index contributed by atoms with van der Waals surface area (Å²) in [4.78, 5) is 10.8. The van der Waals surface area contributed by atoms with E-state index in [1.807, 2.05) is 0 Å². The molecule has 0 aromatic heterocycles. The van der Waals surface area contributed by atoms with Crippen molar-refractivity contribution in [3.8, 4) is 0 Å². The molecular weight excluding hydrogens is 92.1 g/mol. The maximum absolute atomic E-state index is 10.8. The van der Waals surface area contributed by atoms with Gasteiger partial charge in [0.15, 0.2) is 0 Å². The molecule has 1 fully saturated rings. The lowest BCUT2D eigenvalue weighted by Gasteiger charge is -2.07. The van der Waals surface area contributed by atoms with Gasteiger partial charge in [0.25, 0.3) is 0 Å². The van der Waals surface area contributed by atoms with Crippen LogP contribution in [0.5, 0.6) is 0 Å². The van der Waals surface area contributed by atoms with Crippen molar-refractivity contribution in [3.05, 3.63) is 0 Å². The zero-order valence-corrected chi connectivity index (χ0v) is 3.81. The molecule has 0 spiro atoms. The predicted molar refractivity (Wildman–Crippen MR) is 25.1 cm³/mol. The molecule has 1 unspecified atom stereocenters. The summed E-state index contributed by atoms with van der Waals surface area (Å²) in [5, 5.41) is 0. The van der Waals surface area contributed by atoms with Crippen molar-refractivity contribution in [1.82, 2.24) is 0 Å². The van der Waals surface area contributed by atoms with Crippen molar-refractivity contribution < 1.29 is 13.6 Å². The summed E-state index contributed by atoms with van der Waals surface area (Å²) in [6.07, 6.45) is -2.01. The average Bonchev–Trinajstić information content (AvgIpc) is 1.84. The van der Waals surface area contributed by atoms with Crippen molar-refractivity contribution >= 4 is 5.78 Å². The molecule has 2 nitrogen and oxygen atoms in total. The molecule has 0 N–H and O–H groups in total. The van der Waals surface area contributed by atoms with Gasteiger partial charge >= 0.3 is 0 Å². The van der Waals surface area contributed by atoms with E-state index in [0.29, 0.717) is 0 Å². The van der Waals surface area contributed by atoms with E-state index in [0.717, 1.165) is 0 Å². The van der Waals surface area contributed by atoms with Crippen molar-refractivity contribution in [2.75, 3.05) is 13.2 Å². The van der Waals surface area contributed by atoms with Gasteiger partial charge in [-0.05, 0) is 0 Å². The Morgan fingerprint density at radius 2 is 2.71 bits per heavy atom. The van der Waals surface area contributed by atoms with Crippen LogP contribution < -0.4 is 0 Å². The van der Waals surface area contributed by atoms with Gasteiger partial charge in [-0.25, -0.2) is 0 Å². The lowest BCUT2D eigenvalue weighted by molar-refractivity contribution is -0.124. The minimum atomic E-state index is -2.10. The summed E-state index contributed by atoms with van der Waals surface area (Å²) in [5.41, 5.74) is 0. The van der Waals surface area contributed by atoms with Crippen LogP contribution in [0.4, 0.5) is 0 Å². The number of rotatable bonds is 0. The number of ketones is 1. The smallest absolute Gasteiger partial charge is 0.137 e. The van der Waals surface area contributed by atoms with E-state index < -0.39 is 18.7 Å². The fraction of sp³-hybridized carbons (Fsp3) is 0.800. The first-order chi connectivity index (χ1) is 4.55. The highest BCUT2D eigenvalue weighted by Crippen LogP contribution is 1.98. The molecule has 1 heterocycles. The Balaban J connectivity index is 2.73. The summed E-state index contributed by atoms with van der Waals surface area (Å²) in [6.45, 7) is -1.17. The van der Waals surface area contributed by atoms with Crippen molar-refractivity contribution in [3.63, 3.8) is 0 Å². The van der Waals surface area contributed by atoms with Crippen molar-refractivity contribution in [2.24, 2.45) is 0 Å². The molecule has 0 radical (unpaired) electrons. The number of hydrogen-bond acceptors (Lipinski definition) is 2. The van der Waals surface area contributed by atoms with E-state index in [-0.39, 0.29) is 13.0 Å². The summed E-state index contributed by atoms with van der Waals surface area (Å²) >= 11 is 0. The minimum Gasteiger partial charge on any atom is -0.381 e. The number of Topliss-reactive ketones (excluding diaryl/α,β-unsaturated/α-hetero) is 1. The average molecular weight is 103 g/mol. The van der Waals surface area contributed by atoms with Gasteiger partial charge in [0.05, 0.1) is 14.6 Å². The lowest BCUT2D eigenvalue weighted by atomic mass is 10.2. The van der Waals surface area contributed by atoms with Crippen molar-refractivity contribution in [1.29, 1.82) is 0 Å². The molecule has 0 saturated carbocycles. The van der Waals surface area contributed by atoms with Crippen LogP contribution in [0.1, 0.15) is 16.9 Å². The van der Waals surface area contributed by atoms with Crippen LogP contribution in [0.15, 0.2) is 0 Å². The first kappa shape index (κ1) is 2.27. The molecule has 0 aromatic rings. The SMILES string of the molecule is [2H]C1OCCC(=O)C1([2H])[2H]. The normalized spacial score (nSPS) is 46.6. The van der Waals surface area contributed by atoms with Crippen LogP contribution in [0.2, 0.25) is 0 Å². The van der Waals surface area contributed by atoms with Gasteiger partial charge in [0.1, 0.15) is 5.78 Å². The van der Waals surface area contributed by atoms with Gasteiger partial charge < -0.3 is 4.74 Å². The molecule has 0 amide bonds. The van der Waals surface area contributed by atoms with Gasteiger partial charge in [-0.2, -0.15) is 0 Å². The Morgan fingerprint density at radius 3 is 3.29 bits per heavy atom. The second-order valence-electron chi connectivity index (χ2n) is 1.31. The molecule has 7 heavy (non-hydrogen) atoms. The second kappa shape index (κ2) is 2.07. The molecule has 2 heteroatoms. The molecule has 0 bridgehead atoms. The Hall–Kier alpha value is -0.370. The van der Waals surface area contributed by atoms with E-state index in [9.17, 15) is 4.79 Å². The van der Waals surface area contributed by atoms with E-state index in [1.165, 1.54) is 0 Å². The fourth-order valence-corrected chi connectivity index (χ4v) is 0.390. The van der Waals surface area contributed by atoms with E-state index in [2.05, 4.69) is 4.74 Å². The van der Waals surface area contributed by atoms with Crippen LogP contribution in [0.3, 0.4) is 0 Å². The second-order valence-corrected chi connectivity index (χ2v) is 1.31. The molecule has 1 saturated heterocycles. The quantitative estimate of drug-likeness (QED) is 0.442. The molecule has 1 aliphatic heterocycles. The van der Waals surface area contributed by atoms with Gasteiger partial charge in [0, 0.05) is 15.5 Å². The summed E-state index contributed by atoms with van der Waals surface area (Å²) in [6, 6.07) is 0. The number of ether oxygens (including phenoxy) is 1. The zero-order valence-electron chi connectivity index (χ0n) is 6.81. The first-order valence-corrected chi connectivity index (χ1v) is 2.12. The van der Waals surface area contributed by atoms with Gasteiger partial charge in [0.2, 0.25) is 0 Å². The molecule has 0 aliphatic carbocycles. The fourth-order valence-electron chi connectivity index (χ4n) is 0.390. The molecule has 40 valence electrons. The van der Waals surface area contributed by atoms with E-state index in [1.54, 1.807) is 0 Å². The van der Waals surface area contributed by atoms with Crippen LogP contribution in [0.25, 0.3) is 0 Å². The van der Waals surface area contributed by atoms with Gasteiger partial charge in [-0.15, -0.1) is 0 Å². The summed E-state index contributed by atoms with van der Waals surface area (Å²) in [7, 11) is 0. The monoisotopic (exact) mass is 103 g/mol. The van der Waals surface area contributed by atoms with Crippen LogP contribution >= 0.6 is 0 Å². The molecule has 0 aromatic carbocycles. The highest BCUT2D eigenvalue weighted by atomic mass is 16.5. The Labute approximate surface area is 46.7 Å². The number of hydrogen-bond donors (Lipinski definition) is 0. The molecule has 1 atom stereocenters. The predicted octanol–water partition coefficient (Wildman–Crippen LogP) is 0.366. The summed E-state index contributed by atoms with van der Waals surface area (Å²) < 4.78 is 25.7. The highest BCUT2D eigenvalue weighted by molar-refractivity contribution is 5.78. The largest absolute Gasteiger partial charge is 0.381 e. The third kappa shape index (κ3) is 1.27. The molecule has 1 rings (SSSR count). The summed E-state index contributed by atoms with van der Waals surface area (Å²) in [5.74, 6) is -0.529. The lowest BCUT2D eigenvalue weighted by Crippen LogP contribution is -2.14. The highest BCUT2D eigenvalue weighted by Gasteiger charge is 2.06.